The maximum Gasteiger partial charge on any atom is 0.310 e. The molecule has 0 atom stereocenters. The largest absolute Gasteiger partial charge is 0.477 e. The van der Waals surface area contributed by atoms with E-state index in [-0.39, 0.29) is 24.0 Å². The van der Waals surface area contributed by atoms with E-state index in [9.17, 15) is 14.9 Å². The van der Waals surface area contributed by atoms with E-state index in [2.05, 4.69) is 10.3 Å². The van der Waals surface area contributed by atoms with Crippen LogP contribution in [0.3, 0.4) is 0 Å². The van der Waals surface area contributed by atoms with E-state index < -0.39 is 4.92 Å². The van der Waals surface area contributed by atoms with Gasteiger partial charge >= 0.3 is 5.69 Å². The van der Waals surface area contributed by atoms with E-state index >= 15 is 0 Å². The third kappa shape index (κ3) is 4.52. The normalized spacial score (nSPS) is 10.2. The average Bonchev–Trinajstić information content (AvgIpc) is 2.91. The fourth-order valence-corrected chi connectivity index (χ4v) is 2.42. The van der Waals surface area contributed by atoms with Crippen LogP contribution < -0.4 is 10.1 Å². The van der Waals surface area contributed by atoms with Gasteiger partial charge in [-0.25, -0.2) is 4.98 Å². The Balaban J connectivity index is 1.77. The number of nitro groups is 1. The number of thiazole rings is 1. The van der Waals surface area contributed by atoms with Crippen LogP contribution in [0, 0.1) is 17.0 Å². The molecule has 0 aliphatic heterocycles. The SMILES string of the molecule is Cc1nc(CCNC(=O)COc2ccccc2[N+](=O)[O-])cs1. The summed E-state index contributed by atoms with van der Waals surface area (Å²) in [6, 6.07) is 5.95. The van der Waals surface area contributed by atoms with Crippen LogP contribution in [-0.4, -0.2) is 29.0 Å². The minimum absolute atomic E-state index is 0.0813. The fourth-order valence-electron chi connectivity index (χ4n) is 1.78. The number of nitrogens with one attached hydrogen (secondary N) is 1. The Morgan fingerprint density at radius 3 is 2.91 bits per heavy atom. The number of nitro benzene ring substituents is 1. The zero-order valence-corrected chi connectivity index (χ0v) is 12.8. The van der Waals surface area contributed by atoms with Crippen molar-refractivity contribution in [3.05, 3.63) is 50.5 Å². The van der Waals surface area contributed by atoms with Crippen LogP contribution in [0.15, 0.2) is 29.6 Å². The van der Waals surface area contributed by atoms with Crippen molar-refractivity contribution < 1.29 is 14.5 Å². The summed E-state index contributed by atoms with van der Waals surface area (Å²) in [5, 5.41) is 16.4. The number of carbonyl (C=O) groups is 1. The molecular weight excluding hydrogens is 306 g/mol. The second-order valence-electron chi connectivity index (χ2n) is 4.47. The predicted octanol–water partition coefficient (Wildman–Crippen LogP) is 2.10. The first kappa shape index (κ1) is 15.9. The lowest BCUT2D eigenvalue weighted by molar-refractivity contribution is -0.385. The Hall–Kier alpha value is -2.48. The Morgan fingerprint density at radius 1 is 1.45 bits per heavy atom. The predicted molar refractivity (Wildman–Crippen MR) is 82.2 cm³/mol. The molecule has 2 aromatic rings. The second kappa shape index (κ2) is 7.51. The number of hydrogen-bond donors (Lipinski definition) is 1. The van der Waals surface area contributed by atoms with Crippen molar-refractivity contribution in [1.29, 1.82) is 0 Å². The van der Waals surface area contributed by atoms with Crippen LogP contribution in [0.4, 0.5) is 5.69 Å². The van der Waals surface area contributed by atoms with Crippen LogP contribution in [0.1, 0.15) is 10.7 Å². The highest BCUT2D eigenvalue weighted by Gasteiger charge is 2.14. The topological polar surface area (TPSA) is 94.4 Å². The minimum atomic E-state index is -0.544. The Kier molecular flexibility index (Phi) is 5.42. The molecule has 7 nitrogen and oxygen atoms in total. The summed E-state index contributed by atoms with van der Waals surface area (Å²) >= 11 is 1.56. The summed E-state index contributed by atoms with van der Waals surface area (Å²) in [5.41, 5.74) is 0.774. The van der Waals surface area contributed by atoms with E-state index in [1.165, 1.54) is 12.1 Å². The van der Waals surface area contributed by atoms with Crippen molar-refractivity contribution in [1.82, 2.24) is 10.3 Å². The van der Waals surface area contributed by atoms with Gasteiger partial charge in [0.15, 0.2) is 12.4 Å². The summed E-state index contributed by atoms with van der Waals surface area (Å²) in [6.45, 7) is 2.11. The second-order valence-corrected chi connectivity index (χ2v) is 5.53. The molecule has 0 fully saturated rings. The maximum atomic E-state index is 11.7. The minimum Gasteiger partial charge on any atom is -0.477 e. The molecule has 1 N–H and O–H groups in total. The van der Waals surface area contributed by atoms with Gasteiger partial charge in [0.2, 0.25) is 0 Å². The number of ether oxygens (including phenoxy) is 1. The molecule has 0 aliphatic rings. The Labute approximate surface area is 131 Å². The van der Waals surface area contributed by atoms with Crippen molar-refractivity contribution in [2.45, 2.75) is 13.3 Å². The molecule has 116 valence electrons. The number of aromatic nitrogens is 1. The number of para-hydroxylation sites is 2. The number of amides is 1. The molecule has 2 rings (SSSR count). The maximum absolute atomic E-state index is 11.7. The zero-order valence-electron chi connectivity index (χ0n) is 11.9. The van der Waals surface area contributed by atoms with Crippen LogP contribution in [-0.2, 0) is 11.2 Å². The number of benzene rings is 1. The van der Waals surface area contributed by atoms with Crippen molar-refractivity contribution in [3.63, 3.8) is 0 Å². The highest BCUT2D eigenvalue weighted by atomic mass is 32.1. The molecule has 1 amide bonds. The lowest BCUT2D eigenvalue weighted by atomic mass is 10.3. The first-order chi connectivity index (χ1) is 10.6. The molecular formula is C14H15N3O4S. The van der Waals surface area contributed by atoms with Gasteiger partial charge in [-0.05, 0) is 13.0 Å². The third-order valence-electron chi connectivity index (χ3n) is 2.79. The van der Waals surface area contributed by atoms with Crippen LogP contribution in [0.5, 0.6) is 5.75 Å². The molecule has 1 aromatic heterocycles. The van der Waals surface area contributed by atoms with Gasteiger partial charge in [-0.15, -0.1) is 11.3 Å². The molecule has 8 heteroatoms. The van der Waals surface area contributed by atoms with E-state index in [4.69, 9.17) is 4.74 Å². The highest BCUT2D eigenvalue weighted by Crippen LogP contribution is 2.25. The van der Waals surface area contributed by atoms with Gasteiger partial charge in [0.25, 0.3) is 5.91 Å². The van der Waals surface area contributed by atoms with Crippen molar-refractivity contribution >= 4 is 22.9 Å². The number of carbonyl (C=O) groups excluding carboxylic acids is 1. The van der Waals surface area contributed by atoms with Gasteiger partial charge in [-0.1, -0.05) is 12.1 Å². The molecule has 0 saturated carbocycles. The van der Waals surface area contributed by atoms with E-state index in [0.29, 0.717) is 13.0 Å². The Bertz CT molecular complexity index is 672. The summed E-state index contributed by atoms with van der Waals surface area (Å²) in [6.07, 6.45) is 0.640. The van der Waals surface area contributed by atoms with Crippen molar-refractivity contribution in [2.24, 2.45) is 0 Å². The van der Waals surface area contributed by atoms with Gasteiger partial charge in [0.05, 0.1) is 15.6 Å². The van der Waals surface area contributed by atoms with Gasteiger partial charge in [-0.2, -0.15) is 0 Å². The van der Waals surface area contributed by atoms with E-state index in [1.54, 1.807) is 23.5 Å². The molecule has 0 saturated heterocycles. The number of nitrogens with zero attached hydrogens (tertiary/aromatic N) is 2. The summed E-state index contributed by atoms with van der Waals surface area (Å²) in [7, 11) is 0. The fraction of sp³-hybridized carbons (Fsp3) is 0.286. The molecule has 0 aliphatic carbocycles. The smallest absolute Gasteiger partial charge is 0.310 e. The first-order valence-electron chi connectivity index (χ1n) is 6.60. The summed E-state index contributed by atoms with van der Waals surface area (Å²) in [5.74, 6) is -0.247. The van der Waals surface area contributed by atoms with Gasteiger partial charge < -0.3 is 10.1 Å². The summed E-state index contributed by atoms with van der Waals surface area (Å²) < 4.78 is 5.20. The van der Waals surface area contributed by atoms with Crippen LogP contribution >= 0.6 is 11.3 Å². The van der Waals surface area contributed by atoms with Gasteiger partial charge in [-0.3, -0.25) is 14.9 Å². The lowest BCUT2D eigenvalue weighted by Crippen LogP contribution is -2.30. The van der Waals surface area contributed by atoms with Crippen LogP contribution in [0.2, 0.25) is 0 Å². The third-order valence-corrected chi connectivity index (χ3v) is 3.61. The standard InChI is InChI=1S/C14H15N3O4S/c1-10-16-11(9-22-10)6-7-15-14(18)8-21-13-5-3-2-4-12(13)17(19)20/h2-5,9H,6-8H2,1H3,(H,15,18). The molecule has 22 heavy (non-hydrogen) atoms. The molecule has 0 bridgehead atoms. The quantitative estimate of drug-likeness (QED) is 0.622. The summed E-state index contributed by atoms with van der Waals surface area (Å²) in [4.78, 5) is 26.2. The lowest BCUT2D eigenvalue weighted by Gasteiger charge is -2.07. The monoisotopic (exact) mass is 321 g/mol. The van der Waals surface area contributed by atoms with Gasteiger partial charge in [0, 0.05) is 24.4 Å². The van der Waals surface area contributed by atoms with E-state index in [1.807, 2.05) is 12.3 Å². The number of hydrogen-bond acceptors (Lipinski definition) is 6. The first-order valence-corrected chi connectivity index (χ1v) is 7.48. The molecule has 0 radical (unpaired) electrons. The van der Waals surface area contributed by atoms with E-state index in [0.717, 1.165) is 10.7 Å². The molecule has 1 heterocycles. The average molecular weight is 321 g/mol. The van der Waals surface area contributed by atoms with Gasteiger partial charge in [0.1, 0.15) is 0 Å². The van der Waals surface area contributed by atoms with Crippen LogP contribution in [0.25, 0.3) is 0 Å². The molecule has 0 unspecified atom stereocenters. The van der Waals surface area contributed by atoms with Crippen molar-refractivity contribution in [2.75, 3.05) is 13.2 Å². The Morgan fingerprint density at radius 2 is 2.23 bits per heavy atom. The highest BCUT2D eigenvalue weighted by molar-refractivity contribution is 7.09. The number of rotatable bonds is 7. The number of aryl methyl sites for hydroxylation is 1. The molecule has 0 spiro atoms. The zero-order chi connectivity index (χ0) is 15.9. The molecule has 1 aromatic carbocycles. The van der Waals surface area contributed by atoms with Crippen molar-refractivity contribution in [3.8, 4) is 5.75 Å².